The molecule has 0 aliphatic rings. The van der Waals surface area contributed by atoms with E-state index in [4.69, 9.17) is 0 Å². The second kappa shape index (κ2) is 8.16. The van der Waals surface area contributed by atoms with Crippen molar-refractivity contribution in [2.75, 3.05) is 27.3 Å². The molecular weight excluding hydrogens is 260 g/mol. The Morgan fingerprint density at radius 2 is 2.00 bits per heavy atom. The molecule has 6 nitrogen and oxygen atoms in total. The summed E-state index contributed by atoms with van der Waals surface area (Å²) in [6.45, 7) is -0.277. The molecule has 0 bridgehead atoms. The Morgan fingerprint density at radius 1 is 1.35 bits per heavy atom. The molecule has 1 atom stereocenters. The number of aliphatic hydroxyl groups is 1. The zero-order valence-electron chi connectivity index (χ0n) is 11.7. The maximum Gasteiger partial charge on any atom is 0.409 e. The number of nitrogens with one attached hydrogen (secondary N) is 1. The number of methoxy groups -OCH3 is 1. The number of benzene rings is 1. The number of aliphatic hydroxyl groups excluding tert-OH is 1. The lowest BCUT2D eigenvalue weighted by molar-refractivity contribution is -0.122. The number of amides is 2. The average molecular weight is 280 g/mol. The van der Waals surface area contributed by atoms with Crippen molar-refractivity contribution in [3.63, 3.8) is 0 Å². The Bertz CT molecular complexity index is 436. The Labute approximate surface area is 118 Å². The molecular formula is C14H20N2O4. The van der Waals surface area contributed by atoms with E-state index < -0.39 is 6.09 Å². The van der Waals surface area contributed by atoms with Crippen molar-refractivity contribution in [2.24, 2.45) is 0 Å². The molecule has 20 heavy (non-hydrogen) atoms. The molecule has 0 spiro atoms. The SMILES string of the molecule is COC(=O)N(C)CC(=O)N[C@H](CO)Cc1ccccc1. The van der Waals surface area contributed by atoms with E-state index in [9.17, 15) is 14.7 Å². The zero-order chi connectivity index (χ0) is 15.0. The number of hydrogen-bond donors (Lipinski definition) is 2. The highest BCUT2D eigenvalue weighted by Gasteiger charge is 2.16. The summed E-state index contributed by atoms with van der Waals surface area (Å²) in [7, 11) is 2.72. The Balaban J connectivity index is 2.47. The summed E-state index contributed by atoms with van der Waals surface area (Å²) in [6.07, 6.45) is -0.0471. The van der Waals surface area contributed by atoms with Crippen LogP contribution in [0.4, 0.5) is 4.79 Å². The third-order valence-electron chi connectivity index (χ3n) is 2.78. The molecule has 1 aromatic rings. The fraction of sp³-hybridized carbons (Fsp3) is 0.429. The summed E-state index contributed by atoms with van der Waals surface area (Å²) >= 11 is 0. The van der Waals surface area contributed by atoms with Gasteiger partial charge in [-0.05, 0) is 12.0 Å². The molecule has 0 radical (unpaired) electrons. The average Bonchev–Trinajstić information content (AvgIpc) is 2.46. The van der Waals surface area contributed by atoms with Crippen LogP contribution in [0.25, 0.3) is 0 Å². The number of likely N-dealkylation sites (N-methyl/N-ethyl adjacent to an activating group) is 1. The van der Waals surface area contributed by atoms with Crippen LogP contribution in [-0.2, 0) is 16.0 Å². The maximum absolute atomic E-state index is 11.8. The topological polar surface area (TPSA) is 78.9 Å². The quantitative estimate of drug-likeness (QED) is 0.791. The van der Waals surface area contributed by atoms with Crippen molar-refractivity contribution in [3.05, 3.63) is 35.9 Å². The minimum absolute atomic E-state index is 0.113. The third-order valence-corrected chi connectivity index (χ3v) is 2.78. The van der Waals surface area contributed by atoms with E-state index in [1.54, 1.807) is 0 Å². The van der Waals surface area contributed by atoms with Crippen LogP contribution >= 0.6 is 0 Å². The van der Waals surface area contributed by atoms with E-state index in [0.29, 0.717) is 6.42 Å². The number of carbonyl (C=O) groups is 2. The fourth-order valence-electron chi connectivity index (χ4n) is 1.77. The van der Waals surface area contributed by atoms with Crippen molar-refractivity contribution < 1.29 is 19.4 Å². The fourth-order valence-corrected chi connectivity index (χ4v) is 1.77. The minimum Gasteiger partial charge on any atom is -0.453 e. The summed E-state index contributed by atoms with van der Waals surface area (Å²) in [4.78, 5) is 24.1. The molecule has 0 unspecified atom stereocenters. The van der Waals surface area contributed by atoms with E-state index in [0.717, 1.165) is 10.5 Å². The van der Waals surface area contributed by atoms with Crippen molar-refractivity contribution in [1.29, 1.82) is 0 Å². The van der Waals surface area contributed by atoms with Gasteiger partial charge in [0, 0.05) is 7.05 Å². The first kappa shape index (κ1) is 16.0. The molecule has 2 amide bonds. The predicted molar refractivity (Wildman–Crippen MR) is 74.2 cm³/mol. The van der Waals surface area contributed by atoms with E-state index in [2.05, 4.69) is 10.1 Å². The van der Waals surface area contributed by atoms with E-state index in [1.165, 1.54) is 14.2 Å². The molecule has 0 heterocycles. The van der Waals surface area contributed by atoms with Crippen LogP contribution in [0, 0.1) is 0 Å². The number of hydrogen-bond acceptors (Lipinski definition) is 4. The molecule has 1 rings (SSSR count). The highest BCUT2D eigenvalue weighted by atomic mass is 16.5. The Kier molecular flexibility index (Phi) is 6.52. The van der Waals surface area contributed by atoms with Gasteiger partial charge in [-0.3, -0.25) is 4.79 Å². The van der Waals surface area contributed by atoms with Crippen molar-refractivity contribution in [1.82, 2.24) is 10.2 Å². The maximum atomic E-state index is 11.8. The molecule has 6 heteroatoms. The van der Waals surface area contributed by atoms with Gasteiger partial charge in [0.15, 0.2) is 0 Å². The molecule has 0 saturated carbocycles. The summed E-state index contributed by atoms with van der Waals surface area (Å²) in [5.41, 5.74) is 1.02. The first-order valence-corrected chi connectivity index (χ1v) is 6.30. The highest BCUT2D eigenvalue weighted by Crippen LogP contribution is 2.03. The largest absolute Gasteiger partial charge is 0.453 e. The lowest BCUT2D eigenvalue weighted by Gasteiger charge is -2.19. The first-order valence-electron chi connectivity index (χ1n) is 6.30. The number of carbonyl (C=O) groups excluding carboxylic acids is 2. The standard InChI is InChI=1S/C14H20N2O4/c1-16(14(19)20-2)9-13(18)15-12(10-17)8-11-6-4-3-5-7-11/h3-7,12,17H,8-10H2,1-2H3,(H,15,18)/t12-/m0/s1. The van der Waals surface area contributed by atoms with Gasteiger partial charge in [0.2, 0.25) is 5.91 Å². The molecule has 0 aromatic heterocycles. The van der Waals surface area contributed by atoms with Crippen LogP contribution in [0.2, 0.25) is 0 Å². The van der Waals surface area contributed by atoms with Crippen LogP contribution in [-0.4, -0.2) is 55.4 Å². The second-order valence-corrected chi connectivity index (χ2v) is 4.46. The summed E-state index contributed by atoms with van der Waals surface area (Å²) in [5, 5.41) is 12.0. The minimum atomic E-state index is -0.580. The normalized spacial score (nSPS) is 11.6. The van der Waals surface area contributed by atoms with Crippen LogP contribution in [0.1, 0.15) is 5.56 Å². The van der Waals surface area contributed by atoms with Gasteiger partial charge in [-0.2, -0.15) is 0 Å². The molecule has 0 aliphatic carbocycles. The Hall–Kier alpha value is -2.08. The molecule has 0 fully saturated rings. The van der Waals surface area contributed by atoms with Gasteiger partial charge in [0.05, 0.1) is 19.8 Å². The van der Waals surface area contributed by atoms with Gasteiger partial charge in [-0.15, -0.1) is 0 Å². The van der Waals surface area contributed by atoms with Crippen molar-refractivity contribution in [3.8, 4) is 0 Å². The van der Waals surface area contributed by atoms with Crippen LogP contribution in [0.15, 0.2) is 30.3 Å². The number of nitrogens with zero attached hydrogens (tertiary/aromatic N) is 1. The predicted octanol–water partition coefficient (Wildman–Crippen LogP) is 0.404. The smallest absolute Gasteiger partial charge is 0.409 e. The third kappa shape index (κ3) is 5.27. The Morgan fingerprint density at radius 3 is 2.55 bits per heavy atom. The van der Waals surface area contributed by atoms with Crippen LogP contribution in [0.3, 0.4) is 0 Å². The zero-order valence-corrected chi connectivity index (χ0v) is 11.7. The molecule has 0 saturated heterocycles. The van der Waals surface area contributed by atoms with Crippen LogP contribution in [0.5, 0.6) is 0 Å². The molecule has 110 valence electrons. The lowest BCUT2D eigenvalue weighted by Crippen LogP contribution is -2.45. The van der Waals surface area contributed by atoms with Gasteiger partial charge < -0.3 is 20.1 Å². The monoisotopic (exact) mass is 280 g/mol. The second-order valence-electron chi connectivity index (χ2n) is 4.46. The van der Waals surface area contributed by atoms with E-state index >= 15 is 0 Å². The highest BCUT2D eigenvalue weighted by molar-refractivity contribution is 5.82. The lowest BCUT2D eigenvalue weighted by atomic mass is 10.1. The molecule has 2 N–H and O–H groups in total. The van der Waals surface area contributed by atoms with E-state index in [1.807, 2.05) is 30.3 Å². The number of rotatable bonds is 6. The van der Waals surface area contributed by atoms with Crippen LogP contribution < -0.4 is 5.32 Å². The van der Waals surface area contributed by atoms with Gasteiger partial charge in [-0.25, -0.2) is 4.79 Å². The summed E-state index contributed by atoms with van der Waals surface area (Å²) < 4.78 is 4.50. The van der Waals surface area contributed by atoms with Crippen molar-refractivity contribution >= 4 is 12.0 Å². The number of ether oxygens (including phenoxy) is 1. The van der Waals surface area contributed by atoms with E-state index in [-0.39, 0.29) is 25.1 Å². The summed E-state index contributed by atoms with van der Waals surface area (Å²) in [6, 6.07) is 9.18. The van der Waals surface area contributed by atoms with Gasteiger partial charge in [-0.1, -0.05) is 30.3 Å². The van der Waals surface area contributed by atoms with Crippen molar-refractivity contribution in [2.45, 2.75) is 12.5 Å². The summed E-state index contributed by atoms with van der Waals surface area (Å²) in [5.74, 6) is -0.340. The molecule has 0 aliphatic heterocycles. The first-order chi connectivity index (χ1) is 9.56. The molecule has 1 aromatic carbocycles. The van der Waals surface area contributed by atoms with Gasteiger partial charge in [0.1, 0.15) is 6.54 Å². The van der Waals surface area contributed by atoms with Gasteiger partial charge in [0.25, 0.3) is 0 Å². The van der Waals surface area contributed by atoms with Gasteiger partial charge >= 0.3 is 6.09 Å².